The summed E-state index contributed by atoms with van der Waals surface area (Å²) in [6, 6.07) is -0.911. The molecule has 0 rings (SSSR count). The van der Waals surface area contributed by atoms with Gasteiger partial charge in [0.25, 0.3) is 7.82 Å². The summed E-state index contributed by atoms with van der Waals surface area (Å²) in [4.78, 5) is 25.4. The van der Waals surface area contributed by atoms with Gasteiger partial charge in [-0.15, -0.1) is 0 Å². The van der Waals surface area contributed by atoms with Crippen LogP contribution in [0.2, 0.25) is 0 Å². The minimum Gasteiger partial charge on any atom is -0.756 e. The Morgan fingerprint density at radius 2 is 0.881 bits per heavy atom. The lowest BCUT2D eigenvalue weighted by Crippen LogP contribution is -2.45. The molecule has 0 saturated heterocycles. The molecule has 67 heavy (non-hydrogen) atoms. The van der Waals surface area contributed by atoms with E-state index in [-0.39, 0.29) is 12.5 Å². The molecule has 1 amide bonds. The molecule has 0 aliphatic rings. The van der Waals surface area contributed by atoms with Gasteiger partial charge in [-0.3, -0.25) is 9.36 Å². The number of unbranched alkanes of at least 4 members (excludes halogenated alkanes) is 30. The lowest BCUT2D eigenvalue weighted by molar-refractivity contribution is -0.870. The molecule has 3 unspecified atom stereocenters. The van der Waals surface area contributed by atoms with Crippen molar-refractivity contribution in [2.24, 2.45) is 0 Å². The highest BCUT2D eigenvalue weighted by atomic mass is 31.2. The number of amides is 1. The summed E-state index contributed by atoms with van der Waals surface area (Å²) in [5.41, 5.74) is 0. The first-order valence-corrected chi connectivity index (χ1v) is 29.6. The Kier molecular flexibility index (Phi) is 47.9. The van der Waals surface area contributed by atoms with Crippen LogP contribution in [0.15, 0.2) is 60.8 Å². The quantitative estimate of drug-likeness (QED) is 0.0272. The summed E-state index contributed by atoms with van der Waals surface area (Å²) in [7, 11) is 1.23. The van der Waals surface area contributed by atoms with Gasteiger partial charge in [0.1, 0.15) is 13.2 Å². The van der Waals surface area contributed by atoms with Crippen LogP contribution in [0.4, 0.5) is 0 Å². The molecular formula is C58H109N2O6P. The molecular weight excluding hydrogens is 852 g/mol. The number of nitrogens with one attached hydrogen (secondary N) is 1. The SMILES string of the molecule is CCCCCC/C=C/CC/C=C/CC/C=C/C(O)C(COP(=O)([O-])OCC[N+](C)(C)C)NC(=O)CCCCCCCCCCCCCCCCC/C=C\C/C=C\CCCCCCCCCCC. The minimum absolute atomic E-state index is 0.0102. The van der Waals surface area contributed by atoms with Crippen LogP contribution in [0, 0.1) is 0 Å². The molecule has 0 fully saturated rings. The molecule has 0 aromatic rings. The van der Waals surface area contributed by atoms with E-state index in [0.29, 0.717) is 17.4 Å². The van der Waals surface area contributed by atoms with Crippen molar-refractivity contribution in [2.45, 2.75) is 264 Å². The number of nitrogens with zero attached hydrogens (tertiary/aromatic N) is 1. The van der Waals surface area contributed by atoms with Crippen molar-refractivity contribution in [1.82, 2.24) is 5.32 Å². The van der Waals surface area contributed by atoms with Gasteiger partial charge in [0.05, 0.1) is 39.9 Å². The van der Waals surface area contributed by atoms with Gasteiger partial charge in [-0.05, 0) is 77.0 Å². The van der Waals surface area contributed by atoms with Crippen molar-refractivity contribution in [1.29, 1.82) is 0 Å². The summed E-state index contributed by atoms with van der Waals surface area (Å²) in [6.07, 6.45) is 65.9. The van der Waals surface area contributed by atoms with Crippen LogP contribution in [0.3, 0.4) is 0 Å². The molecule has 8 nitrogen and oxygen atoms in total. The van der Waals surface area contributed by atoms with E-state index in [9.17, 15) is 19.4 Å². The fourth-order valence-corrected chi connectivity index (χ4v) is 8.70. The van der Waals surface area contributed by atoms with E-state index < -0.39 is 26.6 Å². The monoisotopic (exact) mass is 961 g/mol. The van der Waals surface area contributed by atoms with E-state index in [1.807, 2.05) is 27.2 Å². The number of phosphoric acid groups is 1. The molecule has 0 saturated carbocycles. The van der Waals surface area contributed by atoms with E-state index in [1.54, 1.807) is 6.08 Å². The highest BCUT2D eigenvalue weighted by Gasteiger charge is 2.23. The fourth-order valence-electron chi connectivity index (χ4n) is 7.98. The zero-order valence-corrected chi connectivity index (χ0v) is 45.5. The average Bonchev–Trinajstić information content (AvgIpc) is 3.29. The van der Waals surface area contributed by atoms with Gasteiger partial charge in [0, 0.05) is 6.42 Å². The molecule has 0 spiro atoms. The zero-order chi connectivity index (χ0) is 49.2. The number of aliphatic hydroxyl groups excluding tert-OH is 1. The molecule has 0 aromatic carbocycles. The smallest absolute Gasteiger partial charge is 0.268 e. The minimum atomic E-state index is -4.61. The highest BCUT2D eigenvalue weighted by Crippen LogP contribution is 2.38. The van der Waals surface area contributed by atoms with Crippen molar-refractivity contribution in [2.75, 3.05) is 40.9 Å². The third kappa shape index (κ3) is 51.9. The predicted octanol–water partition coefficient (Wildman–Crippen LogP) is 16.3. The maximum Gasteiger partial charge on any atom is 0.268 e. The number of carbonyl (C=O) groups is 1. The number of aliphatic hydroxyl groups is 1. The van der Waals surface area contributed by atoms with E-state index in [1.165, 1.54) is 173 Å². The Balaban J connectivity index is 4.12. The number of hydrogen-bond donors (Lipinski definition) is 2. The number of hydrogen-bond acceptors (Lipinski definition) is 6. The topological polar surface area (TPSA) is 108 Å². The zero-order valence-electron chi connectivity index (χ0n) is 44.6. The van der Waals surface area contributed by atoms with Crippen molar-refractivity contribution in [3.63, 3.8) is 0 Å². The normalized spacial score (nSPS) is 14.4. The van der Waals surface area contributed by atoms with Crippen molar-refractivity contribution >= 4 is 13.7 Å². The summed E-state index contributed by atoms with van der Waals surface area (Å²) >= 11 is 0. The largest absolute Gasteiger partial charge is 0.756 e. The molecule has 0 aliphatic carbocycles. The Bertz CT molecular complexity index is 1270. The van der Waals surface area contributed by atoms with Crippen LogP contribution in [-0.4, -0.2) is 68.5 Å². The third-order valence-corrected chi connectivity index (χ3v) is 13.4. The molecule has 2 N–H and O–H groups in total. The molecule has 0 aromatic heterocycles. The molecule has 0 heterocycles. The maximum absolute atomic E-state index is 12.9. The van der Waals surface area contributed by atoms with Crippen LogP contribution in [0.5, 0.6) is 0 Å². The number of allylic oxidation sites excluding steroid dienone is 9. The van der Waals surface area contributed by atoms with Crippen LogP contribution >= 0.6 is 7.82 Å². The van der Waals surface area contributed by atoms with Crippen LogP contribution < -0.4 is 10.2 Å². The Morgan fingerprint density at radius 3 is 1.31 bits per heavy atom. The van der Waals surface area contributed by atoms with Gasteiger partial charge in [0.2, 0.25) is 5.91 Å². The lowest BCUT2D eigenvalue weighted by atomic mass is 10.0. The number of quaternary nitrogens is 1. The van der Waals surface area contributed by atoms with E-state index in [2.05, 4.69) is 67.8 Å². The fraction of sp³-hybridized carbons (Fsp3) is 0.810. The van der Waals surface area contributed by atoms with Gasteiger partial charge < -0.3 is 28.8 Å². The van der Waals surface area contributed by atoms with E-state index in [0.717, 1.165) is 57.8 Å². The Morgan fingerprint density at radius 1 is 0.522 bits per heavy atom. The highest BCUT2D eigenvalue weighted by molar-refractivity contribution is 7.45. The van der Waals surface area contributed by atoms with Gasteiger partial charge >= 0.3 is 0 Å². The molecule has 9 heteroatoms. The van der Waals surface area contributed by atoms with Gasteiger partial charge in [0.15, 0.2) is 0 Å². The average molecular weight is 961 g/mol. The first-order valence-electron chi connectivity index (χ1n) is 28.2. The maximum atomic E-state index is 12.9. The number of phosphoric ester groups is 1. The van der Waals surface area contributed by atoms with Crippen LogP contribution in [-0.2, 0) is 18.4 Å². The summed E-state index contributed by atoms with van der Waals surface area (Å²) < 4.78 is 23.3. The second-order valence-corrected chi connectivity index (χ2v) is 21.7. The van der Waals surface area contributed by atoms with Crippen molar-refractivity contribution in [3.8, 4) is 0 Å². The molecule has 392 valence electrons. The molecule has 0 aliphatic heterocycles. The Hall–Kier alpha value is -1.80. The Labute approximate surface area is 415 Å². The van der Waals surface area contributed by atoms with E-state index >= 15 is 0 Å². The first kappa shape index (κ1) is 65.2. The second kappa shape index (κ2) is 49.2. The molecule has 3 atom stereocenters. The molecule has 0 bridgehead atoms. The van der Waals surface area contributed by atoms with Gasteiger partial charge in [-0.2, -0.15) is 0 Å². The predicted molar refractivity (Wildman–Crippen MR) is 288 cm³/mol. The standard InChI is InChI=1S/C58H109N2O6P/c1-6-8-10-12-14-16-18-20-22-23-24-25-26-27-28-29-30-31-32-33-34-35-36-37-38-40-42-44-46-48-50-52-58(62)59-56(55-66-67(63,64)65-54-53-60(3,4)5)57(61)51-49-47-45-43-41-39-21-19-17-15-13-11-9-7-2/h17,19,24-25,27-28,41,43,49,51,56-57,61H,6-16,18,20-23,26,29-40,42,44-48,50,52-55H2,1-5H3,(H-,59,62,63,64)/b19-17+,25-24-,28-27-,43-41+,51-49+. The van der Waals surface area contributed by atoms with Crippen LogP contribution in [0.1, 0.15) is 251 Å². The first-order chi connectivity index (χ1) is 32.5. The summed E-state index contributed by atoms with van der Waals surface area (Å²) in [6.45, 7) is 4.60. The summed E-state index contributed by atoms with van der Waals surface area (Å²) in [5.74, 6) is -0.212. The lowest BCUT2D eigenvalue weighted by Gasteiger charge is -2.29. The second-order valence-electron chi connectivity index (χ2n) is 20.3. The van der Waals surface area contributed by atoms with Crippen molar-refractivity contribution in [3.05, 3.63) is 60.8 Å². The van der Waals surface area contributed by atoms with Crippen LogP contribution in [0.25, 0.3) is 0 Å². The van der Waals surface area contributed by atoms with Gasteiger partial charge in [-0.1, -0.05) is 229 Å². The molecule has 0 radical (unpaired) electrons. The van der Waals surface area contributed by atoms with Gasteiger partial charge in [-0.25, -0.2) is 0 Å². The van der Waals surface area contributed by atoms with E-state index in [4.69, 9.17) is 9.05 Å². The summed E-state index contributed by atoms with van der Waals surface area (Å²) in [5, 5.41) is 13.8. The third-order valence-electron chi connectivity index (χ3n) is 12.4. The van der Waals surface area contributed by atoms with Crippen molar-refractivity contribution < 1.29 is 32.9 Å². The number of likely N-dealkylation sites (N-methyl/N-ethyl adjacent to an activating group) is 1. The number of rotatable bonds is 51. The number of carbonyl (C=O) groups excluding carboxylic acids is 1.